The Labute approximate surface area is 118 Å². The summed E-state index contributed by atoms with van der Waals surface area (Å²) in [5.41, 5.74) is -0.349. The molecule has 1 aliphatic heterocycles. The summed E-state index contributed by atoms with van der Waals surface area (Å²) in [6.45, 7) is 11.7. The van der Waals surface area contributed by atoms with Crippen molar-refractivity contribution in [2.75, 3.05) is 26.2 Å². The fourth-order valence-electron chi connectivity index (χ4n) is 2.91. The van der Waals surface area contributed by atoms with Crippen LogP contribution in [0.2, 0.25) is 0 Å². The third-order valence-corrected chi connectivity index (χ3v) is 3.61. The molecule has 19 heavy (non-hydrogen) atoms. The summed E-state index contributed by atoms with van der Waals surface area (Å²) in [7, 11) is 0. The number of β-amino-alcohol motifs (C(OH)–C–C–N with tert-alkyl or cyclic N) is 1. The average Bonchev–Trinajstić information content (AvgIpc) is 2.25. The summed E-state index contributed by atoms with van der Waals surface area (Å²) in [6, 6.07) is 0. The lowest BCUT2D eigenvalue weighted by Crippen LogP contribution is -2.44. The van der Waals surface area contributed by atoms with Gasteiger partial charge in [0.25, 0.3) is 0 Å². The van der Waals surface area contributed by atoms with Gasteiger partial charge in [0.1, 0.15) is 0 Å². The second-order valence-corrected chi connectivity index (χ2v) is 6.77. The Kier molecular flexibility index (Phi) is 6.32. The first-order valence-electron chi connectivity index (χ1n) is 7.30. The van der Waals surface area contributed by atoms with E-state index < -0.39 is 6.10 Å². The van der Waals surface area contributed by atoms with E-state index in [1.165, 1.54) is 6.42 Å². The lowest BCUT2D eigenvalue weighted by atomic mass is 9.92. The van der Waals surface area contributed by atoms with Crippen LogP contribution in [0.4, 0.5) is 0 Å². The van der Waals surface area contributed by atoms with Crippen LogP contribution in [0, 0.1) is 24.2 Å². The van der Waals surface area contributed by atoms with E-state index in [4.69, 9.17) is 11.2 Å². The summed E-state index contributed by atoms with van der Waals surface area (Å²) in [6.07, 6.45) is 6.72. The molecule has 0 aromatic carbocycles. The fraction of sp³-hybridized carbons (Fsp3) is 0.875. The van der Waals surface area contributed by atoms with Gasteiger partial charge in [0, 0.05) is 26.1 Å². The highest BCUT2D eigenvalue weighted by atomic mass is 16.5. The van der Waals surface area contributed by atoms with E-state index in [1.807, 2.05) is 13.8 Å². The molecule has 1 fully saturated rings. The standard InChI is InChI=1S/C16H29NO2/c1-6-7-16(4,5)19-12-15(18)11-17-9-13(2)8-14(3)10-17/h1,13-15,18H,7-12H2,2-5H3/t13-,14-,15+/m0/s1. The Morgan fingerprint density at radius 2 is 1.95 bits per heavy atom. The molecule has 110 valence electrons. The maximum absolute atomic E-state index is 10.1. The average molecular weight is 267 g/mol. The molecule has 0 spiro atoms. The number of aliphatic hydroxyl groups is 1. The summed E-state index contributed by atoms with van der Waals surface area (Å²) in [5, 5.41) is 10.1. The van der Waals surface area contributed by atoms with Crippen LogP contribution in [0.3, 0.4) is 0 Å². The number of terminal acetylenes is 1. The minimum atomic E-state index is -0.436. The van der Waals surface area contributed by atoms with Crippen LogP contribution in [0.1, 0.15) is 40.5 Å². The first-order chi connectivity index (χ1) is 8.82. The first-order valence-corrected chi connectivity index (χ1v) is 7.30. The third-order valence-electron chi connectivity index (χ3n) is 3.61. The predicted molar refractivity (Wildman–Crippen MR) is 78.9 cm³/mol. The highest BCUT2D eigenvalue weighted by Gasteiger charge is 2.24. The molecule has 0 radical (unpaired) electrons. The van der Waals surface area contributed by atoms with Gasteiger partial charge in [0.15, 0.2) is 0 Å². The number of nitrogens with zero attached hydrogens (tertiary/aromatic N) is 1. The molecule has 1 rings (SSSR count). The number of likely N-dealkylation sites (tertiary alicyclic amines) is 1. The highest BCUT2D eigenvalue weighted by Crippen LogP contribution is 2.21. The Morgan fingerprint density at radius 1 is 1.37 bits per heavy atom. The summed E-state index contributed by atoms with van der Waals surface area (Å²) in [4.78, 5) is 2.35. The molecule has 3 atom stereocenters. The van der Waals surface area contributed by atoms with Crippen molar-refractivity contribution in [3.63, 3.8) is 0 Å². The summed E-state index contributed by atoms with van der Waals surface area (Å²) < 4.78 is 5.71. The van der Waals surface area contributed by atoms with Gasteiger partial charge in [-0.1, -0.05) is 13.8 Å². The van der Waals surface area contributed by atoms with Gasteiger partial charge in [-0.3, -0.25) is 0 Å². The largest absolute Gasteiger partial charge is 0.389 e. The maximum atomic E-state index is 10.1. The molecule has 3 heteroatoms. The smallest absolute Gasteiger partial charge is 0.0900 e. The van der Waals surface area contributed by atoms with Crippen molar-refractivity contribution in [2.45, 2.75) is 52.2 Å². The van der Waals surface area contributed by atoms with Gasteiger partial charge in [-0.15, -0.1) is 12.3 Å². The van der Waals surface area contributed by atoms with Crippen molar-refractivity contribution in [1.29, 1.82) is 0 Å². The molecule has 1 N–H and O–H groups in total. The molecule has 0 bridgehead atoms. The number of hydrogen-bond donors (Lipinski definition) is 1. The predicted octanol–water partition coefficient (Wildman–Crippen LogP) is 2.14. The second kappa shape index (κ2) is 7.28. The Bertz CT molecular complexity index is 298. The van der Waals surface area contributed by atoms with Gasteiger partial charge >= 0.3 is 0 Å². The van der Waals surface area contributed by atoms with E-state index in [1.54, 1.807) is 0 Å². The van der Waals surface area contributed by atoms with Gasteiger partial charge < -0.3 is 14.7 Å². The Hall–Kier alpha value is -0.560. The van der Waals surface area contributed by atoms with Crippen LogP contribution in [0.15, 0.2) is 0 Å². The molecular weight excluding hydrogens is 238 g/mol. The fourth-order valence-corrected chi connectivity index (χ4v) is 2.91. The second-order valence-electron chi connectivity index (χ2n) is 6.77. The molecule has 3 nitrogen and oxygen atoms in total. The van der Waals surface area contributed by atoms with Gasteiger partial charge in [-0.2, -0.15) is 0 Å². The van der Waals surface area contributed by atoms with Crippen molar-refractivity contribution in [2.24, 2.45) is 11.8 Å². The van der Waals surface area contributed by atoms with E-state index >= 15 is 0 Å². The number of rotatable bonds is 6. The minimum Gasteiger partial charge on any atom is -0.389 e. The van der Waals surface area contributed by atoms with Gasteiger partial charge in [-0.25, -0.2) is 0 Å². The van der Waals surface area contributed by atoms with Crippen LogP contribution in [-0.4, -0.2) is 48.0 Å². The third kappa shape index (κ3) is 6.42. The highest BCUT2D eigenvalue weighted by molar-refractivity contribution is 4.92. The minimum absolute atomic E-state index is 0.349. The van der Waals surface area contributed by atoms with Crippen LogP contribution >= 0.6 is 0 Å². The van der Waals surface area contributed by atoms with Crippen molar-refractivity contribution >= 4 is 0 Å². The number of ether oxygens (including phenoxy) is 1. The molecule has 0 aromatic rings. The van der Waals surface area contributed by atoms with Crippen LogP contribution in [0.25, 0.3) is 0 Å². The van der Waals surface area contributed by atoms with Gasteiger partial charge in [-0.05, 0) is 32.1 Å². The summed E-state index contributed by atoms with van der Waals surface area (Å²) in [5.74, 6) is 4.04. The van der Waals surface area contributed by atoms with Crippen molar-refractivity contribution in [3.8, 4) is 12.3 Å². The first kappa shape index (κ1) is 16.5. The zero-order chi connectivity index (χ0) is 14.5. The lowest BCUT2D eigenvalue weighted by Gasteiger charge is -2.36. The molecule has 0 aliphatic carbocycles. The molecule has 0 saturated carbocycles. The number of hydrogen-bond acceptors (Lipinski definition) is 3. The molecule has 0 amide bonds. The van der Waals surface area contributed by atoms with Crippen LogP contribution < -0.4 is 0 Å². The van der Waals surface area contributed by atoms with E-state index in [2.05, 4.69) is 24.7 Å². The van der Waals surface area contributed by atoms with Crippen molar-refractivity contribution in [1.82, 2.24) is 4.90 Å². The SMILES string of the molecule is C#CCC(C)(C)OC[C@H](O)CN1C[C@@H](C)C[C@H](C)C1. The van der Waals surface area contributed by atoms with Crippen molar-refractivity contribution < 1.29 is 9.84 Å². The Balaban J connectivity index is 2.31. The number of piperidine rings is 1. The Morgan fingerprint density at radius 3 is 2.47 bits per heavy atom. The van der Waals surface area contributed by atoms with Gasteiger partial charge in [0.05, 0.1) is 18.3 Å². The topological polar surface area (TPSA) is 32.7 Å². The van der Waals surface area contributed by atoms with E-state index in [0.717, 1.165) is 24.9 Å². The molecular formula is C16H29NO2. The number of aliphatic hydroxyl groups excluding tert-OH is 1. The zero-order valence-corrected chi connectivity index (χ0v) is 12.9. The maximum Gasteiger partial charge on any atom is 0.0900 e. The van der Waals surface area contributed by atoms with Crippen molar-refractivity contribution in [3.05, 3.63) is 0 Å². The normalized spacial score (nSPS) is 26.9. The van der Waals surface area contributed by atoms with Crippen LogP contribution in [-0.2, 0) is 4.74 Å². The monoisotopic (exact) mass is 267 g/mol. The van der Waals surface area contributed by atoms with Gasteiger partial charge in [0.2, 0.25) is 0 Å². The molecule has 0 aromatic heterocycles. The van der Waals surface area contributed by atoms with E-state index in [0.29, 0.717) is 19.6 Å². The quantitative estimate of drug-likeness (QED) is 0.749. The zero-order valence-electron chi connectivity index (χ0n) is 12.9. The lowest BCUT2D eigenvalue weighted by molar-refractivity contribution is -0.0661. The molecule has 1 saturated heterocycles. The van der Waals surface area contributed by atoms with E-state index in [9.17, 15) is 5.11 Å². The molecule has 0 unspecified atom stereocenters. The molecule has 1 heterocycles. The summed E-state index contributed by atoms with van der Waals surface area (Å²) >= 11 is 0. The van der Waals surface area contributed by atoms with Crippen LogP contribution in [0.5, 0.6) is 0 Å². The molecule has 1 aliphatic rings. The van der Waals surface area contributed by atoms with E-state index in [-0.39, 0.29) is 5.60 Å².